The van der Waals surface area contributed by atoms with Crippen molar-refractivity contribution in [3.05, 3.63) is 46.3 Å². The molecule has 0 bridgehead atoms. The number of fused-ring (bicyclic) bond motifs is 3. The molecule has 3 aromatic rings. The van der Waals surface area contributed by atoms with Gasteiger partial charge in [-0.25, -0.2) is 9.37 Å². The smallest absolute Gasteiger partial charge is 0.231 e. The van der Waals surface area contributed by atoms with E-state index < -0.39 is 0 Å². The molecule has 0 spiro atoms. The van der Waals surface area contributed by atoms with Gasteiger partial charge in [-0.3, -0.25) is 4.90 Å². The van der Waals surface area contributed by atoms with Crippen LogP contribution in [-0.2, 0) is 24.1 Å². The first-order chi connectivity index (χ1) is 13.3. The second-order valence-corrected chi connectivity index (χ2v) is 8.01. The predicted molar refractivity (Wildman–Crippen MR) is 102 cm³/mol. The molecule has 0 N–H and O–H groups in total. The zero-order valence-electron chi connectivity index (χ0n) is 14.9. The fourth-order valence-electron chi connectivity index (χ4n) is 3.72. The highest BCUT2D eigenvalue weighted by Crippen LogP contribution is 2.41. The van der Waals surface area contributed by atoms with Gasteiger partial charge in [-0.1, -0.05) is 0 Å². The van der Waals surface area contributed by atoms with Crippen LogP contribution >= 0.6 is 11.3 Å². The van der Waals surface area contributed by atoms with Gasteiger partial charge < -0.3 is 9.47 Å². The van der Waals surface area contributed by atoms with Gasteiger partial charge in [0.15, 0.2) is 0 Å². The molecule has 1 fully saturated rings. The van der Waals surface area contributed by atoms with E-state index in [0.717, 1.165) is 55.2 Å². The minimum absolute atomic E-state index is 0.278. The lowest BCUT2D eigenvalue weighted by molar-refractivity contribution is 0.0330. The zero-order chi connectivity index (χ0) is 18.2. The number of hydrogen-bond donors (Lipinski definition) is 0. The lowest BCUT2D eigenvalue weighted by Gasteiger charge is -2.25. The number of aromatic nitrogens is 2. The third-order valence-electron chi connectivity index (χ3n) is 5.07. The molecule has 1 aliphatic heterocycles. The molecule has 5 rings (SSSR count). The lowest BCUT2D eigenvalue weighted by atomic mass is 10.2. The second-order valence-electron chi connectivity index (χ2n) is 6.93. The Balaban J connectivity index is 1.54. The highest BCUT2D eigenvalue weighted by Gasteiger charge is 2.24. The maximum atomic E-state index is 13.2. The van der Waals surface area contributed by atoms with Crippen molar-refractivity contribution in [3.8, 4) is 11.6 Å². The summed E-state index contributed by atoms with van der Waals surface area (Å²) in [5, 5.41) is 1.03. The van der Waals surface area contributed by atoms with Crippen molar-refractivity contribution in [2.45, 2.75) is 25.8 Å². The van der Waals surface area contributed by atoms with E-state index in [9.17, 15) is 4.39 Å². The molecule has 0 radical (unpaired) electrons. The molecule has 5 nitrogen and oxygen atoms in total. The van der Waals surface area contributed by atoms with E-state index in [2.05, 4.69) is 4.90 Å². The van der Waals surface area contributed by atoms with E-state index in [1.165, 1.54) is 29.0 Å². The highest BCUT2D eigenvalue weighted by atomic mass is 32.1. The molecule has 0 amide bonds. The molecule has 0 atom stereocenters. The van der Waals surface area contributed by atoms with E-state index in [-0.39, 0.29) is 5.82 Å². The summed E-state index contributed by atoms with van der Waals surface area (Å²) in [6.07, 6.45) is 3.31. The lowest BCUT2D eigenvalue weighted by Crippen LogP contribution is -2.36. The summed E-state index contributed by atoms with van der Waals surface area (Å²) in [4.78, 5) is 14.3. The summed E-state index contributed by atoms with van der Waals surface area (Å²) in [5.74, 6) is 1.67. The summed E-state index contributed by atoms with van der Waals surface area (Å²) in [6.45, 7) is 3.94. The summed E-state index contributed by atoms with van der Waals surface area (Å²) < 4.78 is 24.8. The van der Waals surface area contributed by atoms with Crippen molar-refractivity contribution in [2.24, 2.45) is 0 Å². The van der Waals surface area contributed by atoms with Gasteiger partial charge in [0.1, 0.15) is 22.2 Å². The Bertz CT molecular complexity index is 968. The molecule has 3 heterocycles. The van der Waals surface area contributed by atoms with Crippen molar-refractivity contribution in [2.75, 3.05) is 26.3 Å². The van der Waals surface area contributed by atoms with E-state index in [0.29, 0.717) is 18.2 Å². The number of thiophene rings is 1. The molecule has 140 valence electrons. The van der Waals surface area contributed by atoms with Gasteiger partial charge >= 0.3 is 0 Å². The van der Waals surface area contributed by atoms with Gasteiger partial charge in [0, 0.05) is 18.0 Å². The summed E-state index contributed by atoms with van der Waals surface area (Å²) in [5.41, 5.74) is 1.32. The molecule has 1 aliphatic carbocycles. The number of aryl methyl sites for hydroxylation is 2. The first-order valence-corrected chi connectivity index (χ1v) is 10.1. The SMILES string of the molecule is Fc1ccc(Oc2nc(CN3CCOCC3)nc3sc4c(c23)CCC4)cc1. The van der Waals surface area contributed by atoms with Gasteiger partial charge in [-0.05, 0) is 49.1 Å². The second kappa shape index (κ2) is 7.14. The molecule has 7 heteroatoms. The van der Waals surface area contributed by atoms with Gasteiger partial charge in [0.25, 0.3) is 0 Å². The van der Waals surface area contributed by atoms with Crippen LogP contribution in [0, 0.1) is 5.82 Å². The third-order valence-corrected chi connectivity index (χ3v) is 6.26. The minimum Gasteiger partial charge on any atom is -0.438 e. The minimum atomic E-state index is -0.278. The van der Waals surface area contributed by atoms with Crippen LogP contribution in [0.1, 0.15) is 22.7 Å². The van der Waals surface area contributed by atoms with Crippen LogP contribution < -0.4 is 4.74 Å². The summed E-state index contributed by atoms with van der Waals surface area (Å²) in [7, 11) is 0. The van der Waals surface area contributed by atoms with Crippen LogP contribution in [0.15, 0.2) is 24.3 Å². The Kier molecular flexibility index (Phi) is 4.51. The van der Waals surface area contributed by atoms with E-state index in [1.807, 2.05) is 0 Å². The summed E-state index contributed by atoms with van der Waals surface area (Å²) in [6, 6.07) is 6.08. The molecule has 2 aliphatic rings. The van der Waals surface area contributed by atoms with Crippen LogP contribution in [0.3, 0.4) is 0 Å². The third kappa shape index (κ3) is 3.42. The van der Waals surface area contributed by atoms with Crippen molar-refractivity contribution in [3.63, 3.8) is 0 Å². The van der Waals surface area contributed by atoms with Gasteiger partial charge in [0.2, 0.25) is 5.88 Å². The molecular weight excluding hydrogens is 365 g/mol. The normalized spacial score (nSPS) is 17.4. The van der Waals surface area contributed by atoms with Crippen LogP contribution in [0.4, 0.5) is 4.39 Å². The number of morpholine rings is 1. The molecule has 1 saturated heterocycles. The topological polar surface area (TPSA) is 47.5 Å². The quantitative estimate of drug-likeness (QED) is 0.681. The molecule has 0 saturated carbocycles. The number of nitrogens with zero attached hydrogens (tertiary/aromatic N) is 3. The molecule has 0 unspecified atom stereocenters. The number of rotatable bonds is 4. The van der Waals surface area contributed by atoms with E-state index in [4.69, 9.17) is 19.4 Å². The van der Waals surface area contributed by atoms with Gasteiger partial charge in [-0.2, -0.15) is 4.98 Å². The number of benzene rings is 1. The van der Waals surface area contributed by atoms with Crippen LogP contribution in [0.25, 0.3) is 10.2 Å². The van der Waals surface area contributed by atoms with Crippen molar-refractivity contribution >= 4 is 21.6 Å². The van der Waals surface area contributed by atoms with Crippen molar-refractivity contribution < 1.29 is 13.9 Å². The maximum absolute atomic E-state index is 13.2. The highest BCUT2D eigenvalue weighted by molar-refractivity contribution is 7.19. The molecular formula is C20H20FN3O2S. The number of hydrogen-bond acceptors (Lipinski definition) is 6. The Hall–Kier alpha value is -2.09. The fraction of sp³-hybridized carbons (Fsp3) is 0.400. The zero-order valence-corrected chi connectivity index (χ0v) is 15.7. The van der Waals surface area contributed by atoms with Crippen LogP contribution in [-0.4, -0.2) is 41.2 Å². The van der Waals surface area contributed by atoms with Crippen molar-refractivity contribution in [1.29, 1.82) is 0 Å². The number of halogens is 1. The molecule has 1 aromatic carbocycles. The van der Waals surface area contributed by atoms with Gasteiger partial charge in [0.05, 0.1) is 25.1 Å². The van der Waals surface area contributed by atoms with E-state index >= 15 is 0 Å². The van der Waals surface area contributed by atoms with Crippen LogP contribution in [0.5, 0.6) is 11.6 Å². The Morgan fingerprint density at radius 2 is 1.93 bits per heavy atom. The summed E-state index contributed by atoms with van der Waals surface area (Å²) >= 11 is 1.76. The fourth-order valence-corrected chi connectivity index (χ4v) is 4.99. The Morgan fingerprint density at radius 1 is 1.11 bits per heavy atom. The number of ether oxygens (including phenoxy) is 2. The van der Waals surface area contributed by atoms with Gasteiger partial charge in [-0.15, -0.1) is 11.3 Å². The maximum Gasteiger partial charge on any atom is 0.231 e. The molecule has 2 aromatic heterocycles. The molecule has 27 heavy (non-hydrogen) atoms. The Labute approximate surface area is 160 Å². The largest absolute Gasteiger partial charge is 0.438 e. The predicted octanol–water partition coefficient (Wildman–Crippen LogP) is 3.94. The average molecular weight is 385 g/mol. The van der Waals surface area contributed by atoms with Crippen molar-refractivity contribution in [1.82, 2.24) is 14.9 Å². The standard InChI is InChI=1S/C20H20FN3O2S/c21-13-4-6-14(7-5-13)26-19-18-15-2-1-3-16(15)27-20(18)23-17(22-19)12-24-8-10-25-11-9-24/h4-7H,1-3,8-12H2. The monoisotopic (exact) mass is 385 g/mol. The average Bonchev–Trinajstić information content (AvgIpc) is 3.25. The Morgan fingerprint density at radius 3 is 2.74 bits per heavy atom. The first kappa shape index (κ1) is 17.0. The van der Waals surface area contributed by atoms with Crippen LogP contribution in [0.2, 0.25) is 0 Å². The van der Waals surface area contributed by atoms with E-state index in [1.54, 1.807) is 23.5 Å². The first-order valence-electron chi connectivity index (χ1n) is 9.31.